The minimum absolute atomic E-state index is 0. The molecule has 0 spiro atoms. The first-order chi connectivity index (χ1) is 10.9. The lowest BCUT2D eigenvalue weighted by Gasteiger charge is -2.26. The number of phosphoric acid groups is 1. The summed E-state index contributed by atoms with van der Waals surface area (Å²) < 4.78 is 28.1. The second-order valence-corrected chi connectivity index (χ2v) is 7.10. The number of hydrogen-bond donors (Lipinski definition) is 3. The molecule has 1 aromatic rings. The number of rotatable bonds is 4. The first-order valence-electron chi connectivity index (χ1n) is 7.55. The molecule has 5 N–H and O–H groups in total. The van der Waals surface area contributed by atoms with Crippen LogP contribution in [0.15, 0.2) is 15.8 Å². The van der Waals surface area contributed by atoms with Crippen molar-refractivity contribution in [3.05, 3.63) is 32.6 Å². The van der Waals surface area contributed by atoms with Crippen LogP contribution in [0.5, 0.6) is 0 Å². The number of unbranched alkanes of at least 4 members (excludes halogenated alkanes) is 1. The van der Waals surface area contributed by atoms with E-state index in [4.69, 9.17) is 13.8 Å². The molecule has 1 unspecified atom stereocenters. The number of ether oxygens (including phenoxy) is 1. The molecule has 2 saturated heterocycles. The maximum absolute atomic E-state index is 12.0. The second-order valence-electron chi connectivity index (χ2n) is 5.70. The SMILES string of the molecule is CCCCc1cn([C@H]2C[C@@H]3OP(=O)(O)OC[C@H]3O2)c(=O)[nH]c1=O.N. The molecular weight excluding hydrogens is 341 g/mol. The molecule has 136 valence electrons. The molecule has 3 heterocycles. The molecule has 0 aliphatic carbocycles. The number of fused-ring (bicyclic) bond motifs is 1. The van der Waals surface area contributed by atoms with E-state index in [1.165, 1.54) is 10.8 Å². The Balaban J connectivity index is 0.00000208. The van der Waals surface area contributed by atoms with Gasteiger partial charge >= 0.3 is 13.5 Å². The Morgan fingerprint density at radius 2 is 2.17 bits per heavy atom. The topological polar surface area (TPSA) is 155 Å². The summed E-state index contributed by atoms with van der Waals surface area (Å²) in [7, 11) is -4.04. The number of nitrogens with zero attached hydrogens (tertiary/aromatic N) is 1. The van der Waals surface area contributed by atoms with Crippen LogP contribution in [0.2, 0.25) is 0 Å². The summed E-state index contributed by atoms with van der Waals surface area (Å²) in [6.45, 7) is 1.94. The molecule has 2 aliphatic heterocycles. The van der Waals surface area contributed by atoms with Gasteiger partial charge in [-0.3, -0.25) is 23.4 Å². The fraction of sp³-hybridized carbons (Fsp3) is 0.692. The first kappa shape index (κ1) is 19.0. The fourth-order valence-electron chi connectivity index (χ4n) is 2.79. The van der Waals surface area contributed by atoms with Gasteiger partial charge in [-0.05, 0) is 12.8 Å². The minimum Gasteiger partial charge on any atom is -0.349 e. The van der Waals surface area contributed by atoms with Gasteiger partial charge in [0.15, 0.2) is 0 Å². The third-order valence-corrected chi connectivity index (χ3v) is 5.02. The van der Waals surface area contributed by atoms with Gasteiger partial charge in [-0.15, -0.1) is 0 Å². The molecule has 3 rings (SSSR count). The Bertz CT molecular complexity index is 746. The number of H-pyrrole nitrogens is 1. The Hall–Kier alpha value is -1.29. The molecule has 0 aromatic carbocycles. The van der Waals surface area contributed by atoms with E-state index in [0.717, 1.165) is 12.8 Å². The van der Waals surface area contributed by atoms with Gasteiger partial charge in [-0.25, -0.2) is 9.36 Å². The summed E-state index contributed by atoms with van der Waals surface area (Å²) in [6.07, 6.45) is 2.25. The summed E-state index contributed by atoms with van der Waals surface area (Å²) in [5.41, 5.74) is -0.462. The van der Waals surface area contributed by atoms with Crippen LogP contribution in [0, 0.1) is 0 Å². The van der Waals surface area contributed by atoms with Crippen molar-refractivity contribution in [3.8, 4) is 0 Å². The van der Waals surface area contributed by atoms with Crippen molar-refractivity contribution in [1.29, 1.82) is 0 Å². The van der Waals surface area contributed by atoms with E-state index in [9.17, 15) is 19.0 Å². The summed E-state index contributed by atoms with van der Waals surface area (Å²) in [5.74, 6) is 0. The highest BCUT2D eigenvalue weighted by atomic mass is 31.2. The highest BCUT2D eigenvalue weighted by Gasteiger charge is 2.46. The molecule has 2 aliphatic rings. The third-order valence-electron chi connectivity index (χ3n) is 4.00. The highest BCUT2D eigenvalue weighted by molar-refractivity contribution is 7.47. The van der Waals surface area contributed by atoms with Crippen molar-refractivity contribution in [2.45, 2.75) is 51.0 Å². The fourth-order valence-corrected chi connectivity index (χ4v) is 3.75. The van der Waals surface area contributed by atoms with Crippen LogP contribution in [-0.2, 0) is 24.8 Å². The third kappa shape index (κ3) is 3.85. The quantitative estimate of drug-likeness (QED) is 0.665. The maximum atomic E-state index is 12.0. The molecular formula is C13H22N3O7P. The second kappa shape index (κ2) is 7.30. The molecule has 24 heavy (non-hydrogen) atoms. The number of aromatic amines is 1. The van der Waals surface area contributed by atoms with E-state index in [1.54, 1.807) is 0 Å². The van der Waals surface area contributed by atoms with Crippen molar-refractivity contribution in [1.82, 2.24) is 15.7 Å². The molecule has 10 nitrogen and oxygen atoms in total. The number of hydrogen-bond acceptors (Lipinski definition) is 7. The zero-order chi connectivity index (χ0) is 16.6. The number of aryl methyl sites for hydroxylation is 1. The summed E-state index contributed by atoms with van der Waals surface area (Å²) in [4.78, 5) is 35.5. The average Bonchev–Trinajstić information content (AvgIpc) is 2.87. The molecule has 0 radical (unpaired) electrons. The smallest absolute Gasteiger partial charge is 0.349 e. The standard InChI is InChI=1S/C13H19N2O7P.H3N/c1-2-3-4-8-6-15(13(17)14-12(8)16)11-5-9-10(21-11)7-20-23(18,19)22-9;/h6,9-11H,2-5,7H2,1H3,(H,18,19)(H,14,16,17);1H3/t9-,10+,11+;/m0./s1. The van der Waals surface area contributed by atoms with E-state index >= 15 is 0 Å². The molecule has 4 atom stereocenters. The molecule has 2 fully saturated rings. The predicted octanol–water partition coefficient (Wildman–Crippen LogP) is 0.845. The zero-order valence-corrected chi connectivity index (χ0v) is 14.2. The minimum atomic E-state index is -4.04. The highest BCUT2D eigenvalue weighted by Crippen LogP contribution is 2.52. The number of nitrogens with one attached hydrogen (secondary N) is 1. The van der Waals surface area contributed by atoms with Crippen LogP contribution < -0.4 is 17.4 Å². The van der Waals surface area contributed by atoms with E-state index in [2.05, 4.69) is 4.98 Å². The Kier molecular flexibility index (Phi) is 5.79. The van der Waals surface area contributed by atoms with Crippen LogP contribution in [0.25, 0.3) is 0 Å². The van der Waals surface area contributed by atoms with Crippen molar-refractivity contribution in [2.24, 2.45) is 0 Å². The molecule has 1 aromatic heterocycles. The monoisotopic (exact) mass is 363 g/mol. The van der Waals surface area contributed by atoms with Crippen LogP contribution >= 0.6 is 7.82 Å². The van der Waals surface area contributed by atoms with E-state index < -0.39 is 37.5 Å². The van der Waals surface area contributed by atoms with Gasteiger partial charge in [0, 0.05) is 18.2 Å². The average molecular weight is 363 g/mol. The van der Waals surface area contributed by atoms with E-state index in [1.807, 2.05) is 6.92 Å². The summed E-state index contributed by atoms with van der Waals surface area (Å²) >= 11 is 0. The van der Waals surface area contributed by atoms with Crippen LogP contribution in [0.4, 0.5) is 0 Å². The van der Waals surface area contributed by atoms with Gasteiger partial charge in [0.25, 0.3) is 5.56 Å². The van der Waals surface area contributed by atoms with Crippen molar-refractivity contribution in [3.63, 3.8) is 0 Å². The van der Waals surface area contributed by atoms with Crippen LogP contribution in [-0.4, -0.2) is 33.3 Å². The van der Waals surface area contributed by atoms with E-state index in [-0.39, 0.29) is 19.2 Å². The normalized spacial score (nSPS) is 32.2. The Morgan fingerprint density at radius 3 is 2.88 bits per heavy atom. The molecule has 0 bridgehead atoms. The first-order valence-corrected chi connectivity index (χ1v) is 9.04. The largest absolute Gasteiger partial charge is 0.472 e. The molecule has 0 amide bonds. The molecule has 0 saturated carbocycles. The van der Waals surface area contributed by atoms with Crippen LogP contribution in [0.3, 0.4) is 0 Å². The maximum Gasteiger partial charge on any atom is 0.472 e. The zero-order valence-electron chi connectivity index (χ0n) is 13.3. The Morgan fingerprint density at radius 1 is 1.42 bits per heavy atom. The van der Waals surface area contributed by atoms with Gasteiger partial charge in [0.05, 0.1) is 6.61 Å². The lowest BCUT2D eigenvalue weighted by atomic mass is 10.1. The predicted molar refractivity (Wildman–Crippen MR) is 84.1 cm³/mol. The van der Waals surface area contributed by atoms with Crippen molar-refractivity contribution >= 4 is 7.82 Å². The van der Waals surface area contributed by atoms with Gasteiger partial charge in [-0.2, -0.15) is 0 Å². The lowest BCUT2D eigenvalue weighted by molar-refractivity contribution is -0.0680. The van der Waals surface area contributed by atoms with E-state index in [0.29, 0.717) is 12.0 Å². The number of phosphoric ester groups is 1. The summed E-state index contributed by atoms with van der Waals surface area (Å²) in [5, 5.41) is 0. The lowest BCUT2D eigenvalue weighted by Crippen LogP contribution is -2.34. The van der Waals surface area contributed by atoms with Gasteiger partial charge in [0.1, 0.15) is 18.4 Å². The van der Waals surface area contributed by atoms with Gasteiger partial charge < -0.3 is 15.8 Å². The molecule has 11 heteroatoms. The Labute approximate surface area is 137 Å². The van der Waals surface area contributed by atoms with Crippen molar-refractivity contribution in [2.75, 3.05) is 6.61 Å². The summed E-state index contributed by atoms with van der Waals surface area (Å²) in [6, 6.07) is 0. The number of aromatic nitrogens is 2. The van der Waals surface area contributed by atoms with Crippen molar-refractivity contribution < 1.29 is 23.2 Å². The van der Waals surface area contributed by atoms with Gasteiger partial charge in [-0.1, -0.05) is 13.3 Å². The van der Waals surface area contributed by atoms with Gasteiger partial charge in [0.2, 0.25) is 0 Å². The van der Waals surface area contributed by atoms with Crippen LogP contribution in [0.1, 0.15) is 38.0 Å².